The minimum atomic E-state index is -3.69. The van der Waals surface area contributed by atoms with E-state index in [4.69, 9.17) is 16.3 Å². The second-order valence-electron chi connectivity index (χ2n) is 12.0. The summed E-state index contributed by atoms with van der Waals surface area (Å²) in [5.74, 6) is -0.290. The first-order chi connectivity index (χ1) is 21.6. The summed E-state index contributed by atoms with van der Waals surface area (Å²) in [5, 5.41) is 7.73. The maximum atomic E-state index is 13.7. The molecular formula is C35H43ClN4O5S. The molecule has 1 saturated heterocycles. The van der Waals surface area contributed by atoms with Crippen molar-refractivity contribution in [2.75, 3.05) is 18.4 Å². The van der Waals surface area contributed by atoms with Gasteiger partial charge < -0.3 is 10.1 Å². The van der Waals surface area contributed by atoms with E-state index in [0.717, 1.165) is 38.9 Å². The van der Waals surface area contributed by atoms with Crippen LogP contribution in [0.4, 0.5) is 5.69 Å². The fraction of sp³-hybridized carbons (Fsp3) is 0.400. The number of halogens is 1. The number of sulfonamides is 1. The van der Waals surface area contributed by atoms with Gasteiger partial charge in [-0.15, -0.1) is 0 Å². The van der Waals surface area contributed by atoms with Gasteiger partial charge in [-0.25, -0.2) is 13.8 Å². The molecule has 46 heavy (non-hydrogen) atoms. The van der Waals surface area contributed by atoms with E-state index < -0.39 is 16.1 Å². The zero-order valence-corrected chi connectivity index (χ0v) is 29.3. The number of nitrogens with one attached hydrogen (secondary N) is 2. The number of nitrogens with zero attached hydrogens (tertiary/aromatic N) is 2. The Bertz CT molecular complexity index is 1750. The molecule has 1 heterocycles. The Hall–Kier alpha value is -3.73. The number of aryl methyl sites for hydroxylation is 1. The van der Waals surface area contributed by atoms with Crippen LogP contribution in [-0.4, -0.2) is 49.4 Å². The highest BCUT2D eigenvalue weighted by atomic mass is 35.5. The van der Waals surface area contributed by atoms with Gasteiger partial charge in [-0.05, 0) is 138 Å². The van der Waals surface area contributed by atoms with Crippen LogP contribution < -0.4 is 15.5 Å². The molecule has 2 amide bonds. The van der Waals surface area contributed by atoms with Crippen molar-refractivity contribution in [3.63, 3.8) is 0 Å². The molecule has 9 nitrogen and oxygen atoms in total. The number of anilines is 1. The molecular weight excluding hydrogens is 624 g/mol. The van der Waals surface area contributed by atoms with Gasteiger partial charge in [-0.1, -0.05) is 23.7 Å². The third kappa shape index (κ3) is 7.62. The van der Waals surface area contributed by atoms with Crippen molar-refractivity contribution in [2.24, 2.45) is 11.0 Å². The number of benzene rings is 3. The zero-order chi connectivity index (χ0) is 33.9. The first-order valence-electron chi connectivity index (χ1n) is 15.4. The summed E-state index contributed by atoms with van der Waals surface area (Å²) in [6, 6.07) is 12.3. The van der Waals surface area contributed by atoms with Gasteiger partial charge in [0.1, 0.15) is 5.75 Å². The lowest BCUT2D eigenvalue weighted by Gasteiger charge is -2.31. The Morgan fingerprint density at radius 1 is 0.913 bits per heavy atom. The number of piperidine rings is 1. The Balaban J connectivity index is 1.31. The van der Waals surface area contributed by atoms with Crippen LogP contribution in [-0.2, 0) is 19.6 Å². The molecule has 1 unspecified atom stereocenters. The molecule has 2 N–H and O–H groups in total. The molecule has 0 saturated carbocycles. The van der Waals surface area contributed by atoms with Crippen LogP contribution in [0.1, 0.15) is 65.6 Å². The van der Waals surface area contributed by atoms with Crippen LogP contribution in [0.5, 0.6) is 5.75 Å². The smallest absolute Gasteiger partial charge is 0.265 e. The molecule has 0 bridgehead atoms. The van der Waals surface area contributed by atoms with Crippen molar-refractivity contribution >= 4 is 44.8 Å². The third-order valence-electron chi connectivity index (χ3n) is 9.07. The number of hydrogen-bond acceptors (Lipinski definition) is 6. The third-order valence-corrected chi connectivity index (χ3v) is 11.5. The van der Waals surface area contributed by atoms with E-state index in [1.807, 2.05) is 41.5 Å². The lowest BCUT2D eigenvalue weighted by molar-refractivity contribution is -0.126. The molecule has 0 aliphatic carbocycles. The monoisotopic (exact) mass is 666 g/mol. The van der Waals surface area contributed by atoms with E-state index in [2.05, 4.69) is 15.8 Å². The standard InChI is InChI=1S/C35H43ClN4O5S/c1-20-19-30(36)11-14-32(20)45-27(8)34(41)37-31-12-9-28(10-13-31)26(7)38-39-35(42)29-15-17-40(18-16-29)46(43,44)33-24(5)22(3)21(2)23(4)25(33)6/h9-14,19,27,29H,15-18H2,1-8H3,(H,37,41)(H,39,42)/b38-26+. The van der Waals surface area contributed by atoms with Gasteiger partial charge in [-0.2, -0.15) is 9.41 Å². The van der Waals surface area contributed by atoms with Crippen LogP contribution >= 0.6 is 11.6 Å². The van der Waals surface area contributed by atoms with Crippen molar-refractivity contribution in [1.82, 2.24) is 9.73 Å². The van der Waals surface area contributed by atoms with E-state index in [1.165, 1.54) is 4.31 Å². The van der Waals surface area contributed by atoms with Gasteiger partial charge >= 0.3 is 0 Å². The van der Waals surface area contributed by atoms with Gasteiger partial charge in [0.05, 0.1) is 10.6 Å². The molecule has 3 aromatic carbocycles. The minimum absolute atomic E-state index is 0.237. The van der Waals surface area contributed by atoms with Crippen molar-refractivity contribution < 1.29 is 22.7 Å². The zero-order valence-electron chi connectivity index (χ0n) is 27.7. The first-order valence-corrected chi connectivity index (χ1v) is 17.2. The fourth-order valence-electron chi connectivity index (χ4n) is 5.66. The predicted molar refractivity (Wildman–Crippen MR) is 183 cm³/mol. The highest BCUT2D eigenvalue weighted by Crippen LogP contribution is 2.33. The topological polar surface area (TPSA) is 117 Å². The normalized spacial score (nSPS) is 15.4. The Kier molecular flexibility index (Phi) is 11.0. The van der Waals surface area contributed by atoms with Crippen LogP contribution in [0.3, 0.4) is 0 Å². The summed E-state index contributed by atoms with van der Waals surface area (Å²) in [7, 11) is -3.69. The van der Waals surface area contributed by atoms with Crippen molar-refractivity contribution in [3.8, 4) is 5.75 Å². The average molecular weight is 667 g/mol. The summed E-state index contributed by atoms with van der Waals surface area (Å²) in [6.45, 7) is 15.5. The molecule has 246 valence electrons. The van der Waals surface area contributed by atoms with Gasteiger partial charge in [-0.3, -0.25) is 9.59 Å². The van der Waals surface area contributed by atoms with Gasteiger partial charge in [0.2, 0.25) is 15.9 Å². The summed E-state index contributed by atoms with van der Waals surface area (Å²) in [4.78, 5) is 26.0. The second kappa shape index (κ2) is 14.4. The maximum absolute atomic E-state index is 13.7. The highest BCUT2D eigenvalue weighted by Gasteiger charge is 2.34. The number of carbonyl (C=O) groups is 2. The quantitative estimate of drug-likeness (QED) is 0.199. The molecule has 1 atom stereocenters. The molecule has 0 radical (unpaired) electrons. The highest BCUT2D eigenvalue weighted by molar-refractivity contribution is 7.89. The second-order valence-corrected chi connectivity index (χ2v) is 14.4. The van der Waals surface area contributed by atoms with Crippen molar-refractivity contribution in [3.05, 3.63) is 86.4 Å². The molecule has 1 fully saturated rings. The summed E-state index contributed by atoms with van der Waals surface area (Å²) in [5.41, 5.74) is 10.1. The molecule has 0 spiro atoms. The average Bonchev–Trinajstić information content (AvgIpc) is 3.03. The largest absolute Gasteiger partial charge is 0.481 e. The fourth-order valence-corrected chi connectivity index (χ4v) is 7.92. The number of hydrazone groups is 1. The van der Waals surface area contributed by atoms with Gasteiger partial charge in [0.25, 0.3) is 5.91 Å². The van der Waals surface area contributed by atoms with Crippen LogP contribution in [0.2, 0.25) is 5.02 Å². The van der Waals surface area contributed by atoms with Gasteiger partial charge in [0.15, 0.2) is 6.10 Å². The summed E-state index contributed by atoms with van der Waals surface area (Å²) in [6.07, 6.45) is 0.0972. The van der Waals surface area contributed by atoms with Crippen LogP contribution in [0.25, 0.3) is 0 Å². The number of hydrogen-bond donors (Lipinski definition) is 2. The van der Waals surface area contributed by atoms with E-state index in [1.54, 1.807) is 56.3 Å². The van der Waals surface area contributed by atoms with E-state index >= 15 is 0 Å². The molecule has 3 aromatic rings. The van der Waals surface area contributed by atoms with Crippen molar-refractivity contribution in [2.45, 2.75) is 79.2 Å². The number of amides is 2. The van der Waals surface area contributed by atoms with Gasteiger partial charge in [0, 0.05) is 29.7 Å². The molecule has 1 aliphatic rings. The molecule has 11 heteroatoms. The Labute approximate surface area is 277 Å². The first kappa shape index (κ1) is 35.1. The Morgan fingerprint density at radius 3 is 2.04 bits per heavy atom. The van der Waals surface area contributed by atoms with E-state index in [9.17, 15) is 18.0 Å². The summed E-state index contributed by atoms with van der Waals surface area (Å²) < 4.78 is 34.7. The molecule has 1 aliphatic heterocycles. The van der Waals surface area contributed by atoms with Crippen LogP contribution in [0, 0.1) is 47.5 Å². The lowest BCUT2D eigenvalue weighted by atomic mass is 9.95. The number of rotatable bonds is 9. The minimum Gasteiger partial charge on any atom is -0.481 e. The Morgan fingerprint density at radius 2 is 1.48 bits per heavy atom. The molecule has 0 aromatic heterocycles. The van der Waals surface area contributed by atoms with E-state index in [-0.39, 0.29) is 30.8 Å². The predicted octanol–water partition coefficient (Wildman–Crippen LogP) is 6.54. The number of ether oxygens (including phenoxy) is 1. The maximum Gasteiger partial charge on any atom is 0.265 e. The van der Waals surface area contributed by atoms with Crippen molar-refractivity contribution in [1.29, 1.82) is 0 Å². The lowest BCUT2D eigenvalue weighted by Crippen LogP contribution is -2.42. The molecule has 4 rings (SSSR count). The van der Waals surface area contributed by atoms with E-state index in [0.29, 0.717) is 39.9 Å². The SMILES string of the molecule is C/C(=N\NC(=O)C1CCN(S(=O)(=O)c2c(C)c(C)c(C)c(C)c2C)CC1)c1ccc(NC(=O)C(C)Oc2ccc(Cl)cc2C)cc1. The van der Waals surface area contributed by atoms with Crippen LogP contribution in [0.15, 0.2) is 52.5 Å². The number of carbonyl (C=O) groups excluding carboxylic acids is 2. The summed E-state index contributed by atoms with van der Waals surface area (Å²) >= 11 is 6.00.